The third kappa shape index (κ3) is 2.22. The lowest BCUT2D eigenvalue weighted by molar-refractivity contribution is 0.442. The normalized spacial score (nSPS) is 10.8. The van der Waals surface area contributed by atoms with E-state index in [1.54, 1.807) is 24.3 Å². The van der Waals surface area contributed by atoms with Gasteiger partial charge in [-0.3, -0.25) is 0 Å². The van der Waals surface area contributed by atoms with E-state index in [0.717, 1.165) is 16.6 Å². The van der Waals surface area contributed by atoms with E-state index in [1.807, 2.05) is 6.92 Å². The molecule has 0 spiro atoms. The number of aromatic amines is 1. The number of H-pyrrole nitrogens is 1. The Kier molecular flexibility index (Phi) is 2.59. The molecule has 0 saturated carbocycles. The number of hydrogen-bond donors (Lipinski definition) is 2. The minimum Gasteiger partial charge on any atom is -0.425 e. The van der Waals surface area contributed by atoms with Crippen LogP contribution in [-0.2, 0) is 0 Å². The van der Waals surface area contributed by atoms with Gasteiger partial charge in [-0.15, -0.1) is 0 Å². The maximum Gasteiger partial charge on any atom is 0.300 e. The van der Waals surface area contributed by atoms with Crippen LogP contribution < -0.4 is 10.5 Å². The first-order chi connectivity index (χ1) is 9.11. The van der Waals surface area contributed by atoms with Crippen molar-refractivity contribution in [2.24, 2.45) is 0 Å². The van der Waals surface area contributed by atoms with Crippen LogP contribution in [0.2, 0.25) is 0 Å². The summed E-state index contributed by atoms with van der Waals surface area (Å²) < 4.78 is 18.7. The molecule has 4 nitrogen and oxygen atoms in total. The van der Waals surface area contributed by atoms with Crippen LogP contribution in [0.5, 0.6) is 11.8 Å². The van der Waals surface area contributed by atoms with Crippen LogP contribution in [0.3, 0.4) is 0 Å². The van der Waals surface area contributed by atoms with Crippen molar-refractivity contribution in [3.05, 3.63) is 47.8 Å². The van der Waals surface area contributed by atoms with Crippen molar-refractivity contribution in [3.63, 3.8) is 0 Å². The summed E-state index contributed by atoms with van der Waals surface area (Å²) in [4.78, 5) is 7.26. The Morgan fingerprint density at radius 1 is 1.21 bits per heavy atom. The maximum absolute atomic E-state index is 13.2. The molecule has 0 aliphatic heterocycles. The van der Waals surface area contributed by atoms with Crippen molar-refractivity contribution < 1.29 is 9.13 Å². The third-order valence-corrected chi connectivity index (χ3v) is 2.84. The van der Waals surface area contributed by atoms with Crippen molar-refractivity contribution >= 4 is 16.7 Å². The van der Waals surface area contributed by atoms with Crippen molar-refractivity contribution in [2.75, 3.05) is 5.73 Å². The summed E-state index contributed by atoms with van der Waals surface area (Å²) in [5, 5.41) is 0. The minimum absolute atomic E-state index is 0.314. The second-order valence-electron chi connectivity index (χ2n) is 4.33. The molecule has 0 unspecified atom stereocenters. The number of aryl methyl sites for hydroxylation is 1. The molecule has 2 aromatic carbocycles. The lowest BCUT2D eigenvalue weighted by Gasteiger charge is -2.05. The molecule has 96 valence electrons. The van der Waals surface area contributed by atoms with Gasteiger partial charge in [0, 0.05) is 11.8 Å². The molecule has 3 aromatic rings. The highest BCUT2D eigenvalue weighted by Crippen LogP contribution is 2.26. The Balaban J connectivity index is 1.98. The number of nitrogen functional groups attached to an aromatic ring is 1. The van der Waals surface area contributed by atoms with Gasteiger partial charge < -0.3 is 15.5 Å². The number of nitrogens with one attached hydrogen (secondary N) is 1. The summed E-state index contributed by atoms with van der Waals surface area (Å²) >= 11 is 0. The predicted octanol–water partition coefficient (Wildman–Crippen LogP) is 3.38. The minimum atomic E-state index is -0.346. The molecule has 0 radical (unpaired) electrons. The fourth-order valence-corrected chi connectivity index (χ4v) is 1.84. The van der Waals surface area contributed by atoms with Crippen LogP contribution in [0.15, 0.2) is 36.4 Å². The van der Waals surface area contributed by atoms with Crippen molar-refractivity contribution in [3.8, 4) is 11.8 Å². The molecule has 0 fully saturated rings. The number of nitrogens with zero attached hydrogens (tertiary/aromatic N) is 1. The SMILES string of the molecule is Cc1ccc(F)cc1Oc1nc2ccc(N)cc2[nH]1. The number of nitrogens with two attached hydrogens (primary N) is 1. The van der Waals surface area contributed by atoms with E-state index in [1.165, 1.54) is 12.1 Å². The fraction of sp³-hybridized carbons (Fsp3) is 0.0714. The Morgan fingerprint density at radius 2 is 2.05 bits per heavy atom. The zero-order chi connectivity index (χ0) is 13.4. The average Bonchev–Trinajstić information content (AvgIpc) is 2.75. The fourth-order valence-electron chi connectivity index (χ4n) is 1.84. The highest BCUT2D eigenvalue weighted by atomic mass is 19.1. The number of anilines is 1. The van der Waals surface area contributed by atoms with E-state index >= 15 is 0 Å². The number of fused-ring (bicyclic) bond motifs is 1. The van der Waals surface area contributed by atoms with E-state index in [4.69, 9.17) is 10.5 Å². The Hall–Kier alpha value is -2.56. The topological polar surface area (TPSA) is 63.9 Å². The molecule has 0 saturated heterocycles. The largest absolute Gasteiger partial charge is 0.425 e. The van der Waals surface area contributed by atoms with Gasteiger partial charge in [0.2, 0.25) is 0 Å². The molecular weight excluding hydrogens is 245 g/mol. The second kappa shape index (κ2) is 4.28. The Labute approximate surface area is 109 Å². The first-order valence-corrected chi connectivity index (χ1v) is 5.81. The van der Waals surface area contributed by atoms with E-state index in [9.17, 15) is 4.39 Å². The zero-order valence-electron chi connectivity index (χ0n) is 10.3. The molecule has 0 aliphatic rings. The number of imidazole rings is 1. The highest BCUT2D eigenvalue weighted by Gasteiger charge is 2.08. The number of rotatable bonds is 2. The average molecular weight is 257 g/mol. The smallest absolute Gasteiger partial charge is 0.300 e. The molecule has 19 heavy (non-hydrogen) atoms. The van der Waals surface area contributed by atoms with Crippen LogP contribution >= 0.6 is 0 Å². The predicted molar refractivity (Wildman–Crippen MR) is 71.7 cm³/mol. The molecule has 3 rings (SSSR count). The summed E-state index contributed by atoms with van der Waals surface area (Å²) in [6.45, 7) is 1.84. The van der Waals surface area contributed by atoms with E-state index in [0.29, 0.717) is 17.4 Å². The molecule has 5 heteroatoms. The standard InChI is InChI=1S/C14H12FN3O/c1-8-2-3-9(15)6-13(8)19-14-17-11-5-4-10(16)7-12(11)18-14/h2-7H,16H2,1H3,(H,17,18). The van der Waals surface area contributed by atoms with Gasteiger partial charge in [0.25, 0.3) is 6.01 Å². The van der Waals surface area contributed by atoms with Gasteiger partial charge in [0.05, 0.1) is 11.0 Å². The molecule has 0 amide bonds. The molecule has 1 aromatic heterocycles. The van der Waals surface area contributed by atoms with Crippen molar-refractivity contribution in [1.29, 1.82) is 0 Å². The van der Waals surface area contributed by atoms with Crippen molar-refractivity contribution in [2.45, 2.75) is 6.92 Å². The summed E-state index contributed by atoms with van der Waals surface area (Å²) in [6.07, 6.45) is 0. The van der Waals surface area contributed by atoms with Crippen LogP contribution in [0.25, 0.3) is 11.0 Å². The first kappa shape index (κ1) is 11.5. The van der Waals surface area contributed by atoms with Crippen LogP contribution in [-0.4, -0.2) is 9.97 Å². The highest BCUT2D eigenvalue weighted by molar-refractivity contribution is 5.79. The summed E-state index contributed by atoms with van der Waals surface area (Å²) in [6, 6.07) is 10.0. The molecule has 1 heterocycles. The van der Waals surface area contributed by atoms with Crippen LogP contribution in [0, 0.1) is 12.7 Å². The molecular formula is C14H12FN3O. The molecule has 0 atom stereocenters. The van der Waals surface area contributed by atoms with E-state index < -0.39 is 0 Å². The summed E-state index contributed by atoms with van der Waals surface area (Å²) in [5.74, 6) is 0.0907. The number of ether oxygens (including phenoxy) is 1. The maximum atomic E-state index is 13.2. The number of hydrogen-bond acceptors (Lipinski definition) is 3. The molecule has 0 bridgehead atoms. The molecule has 3 N–H and O–H groups in total. The van der Waals surface area contributed by atoms with Crippen LogP contribution in [0.1, 0.15) is 5.56 Å². The van der Waals surface area contributed by atoms with E-state index in [2.05, 4.69) is 9.97 Å². The van der Waals surface area contributed by atoms with Gasteiger partial charge in [0.1, 0.15) is 11.6 Å². The monoisotopic (exact) mass is 257 g/mol. The Bertz CT molecular complexity index is 752. The van der Waals surface area contributed by atoms with Crippen molar-refractivity contribution in [1.82, 2.24) is 9.97 Å². The molecule has 0 aliphatic carbocycles. The van der Waals surface area contributed by atoms with E-state index in [-0.39, 0.29) is 5.82 Å². The van der Waals surface area contributed by atoms with Gasteiger partial charge in [-0.2, -0.15) is 4.98 Å². The lowest BCUT2D eigenvalue weighted by Crippen LogP contribution is -1.90. The quantitative estimate of drug-likeness (QED) is 0.692. The van der Waals surface area contributed by atoms with Crippen LogP contribution in [0.4, 0.5) is 10.1 Å². The zero-order valence-corrected chi connectivity index (χ0v) is 10.3. The number of benzene rings is 2. The van der Waals surface area contributed by atoms with Gasteiger partial charge >= 0.3 is 0 Å². The number of aromatic nitrogens is 2. The summed E-state index contributed by atoms with van der Waals surface area (Å²) in [7, 11) is 0. The number of halogens is 1. The first-order valence-electron chi connectivity index (χ1n) is 5.81. The van der Waals surface area contributed by atoms with Gasteiger partial charge in [0.15, 0.2) is 0 Å². The lowest BCUT2D eigenvalue weighted by atomic mass is 10.2. The third-order valence-electron chi connectivity index (χ3n) is 2.84. The Morgan fingerprint density at radius 3 is 2.89 bits per heavy atom. The second-order valence-corrected chi connectivity index (χ2v) is 4.33. The van der Waals surface area contributed by atoms with Gasteiger partial charge in [-0.1, -0.05) is 6.07 Å². The van der Waals surface area contributed by atoms with Gasteiger partial charge in [-0.25, -0.2) is 4.39 Å². The van der Waals surface area contributed by atoms with Gasteiger partial charge in [-0.05, 0) is 36.8 Å². The summed E-state index contributed by atoms with van der Waals surface area (Å²) in [5.41, 5.74) is 8.70.